The number of sulfonamides is 1. The number of nitrogens with one attached hydrogen (secondary N) is 2. The number of anilines is 1. The number of imide groups is 1. The summed E-state index contributed by atoms with van der Waals surface area (Å²) in [6.45, 7) is 1.19. The van der Waals surface area contributed by atoms with Crippen LogP contribution in [0.5, 0.6) is 0 Å². The van der Waals surface area contributed by atoms with Crippen molar-refractivity contribution in [1.82, 2.24) is 14.5 Å². The molecular weight excluding hydrogens is 444 g/mol. The minimum absolute atomic E-state index is 0.0676. The van der Waals surface area contributed by atoms with E-state index in [-0.39, 0.29) is 10.6 Å². The van der Waals surface area contributed by atoms with E-state index in [1.165, 1.54) is 20.2 Å². The monoisotopic (exact) mass is 470 g/mol. The van der Waals surface area contributed by atoms with Crippen LogP contribution in [0.2, 0.25) is 0 Å². The van der Waals surface area contributed by atoms with Crippen LogP contribution < -0.4 is 10.6 Å². The summed E-state index contributed by atoms with van der Waals surface area (Å²) < 4.78 is 26.2. The molecular formula is C23H26N4O5S. The lowest BCUT2D eigenvalue weighted by molar-refractivity contribution is -0.134. The number of benzene rings is 2. The first-order valence-electron chi connectivity index (χ1n) is 10.6. The Morgan fingerprint density at radius 3 is 2.64 bits per heavy atom. The van der Waals surface area contributed by atoms with Crippen LogP contribution >= 0.6 is 0 Å². The highest BCUT2D eigenvalue weighted by atomic mass is 32.2. The van der Waals surface area contributed by atoms with Gasteiger partial charge in [0.05, 0.1) is 4.90 Å². The molecule has 1 unspecified atom stereocenters. The maximum Gasteiger partial charge on any atom is 0.325 e. The second-order valence-corrected chi connectivity index (χ2v) is 10.7. The van der Waals surface area contributed by atoms with Gasteiger partial charge < -0.3 is 10.6 Å². The summed E-state index contributed by atoms with van der Waals surface area (Å²) in [7, 11) is -0.845. The van der Waals surface area contributed by atoms with Gasteiger partial charge in [-0.2, -0.15) is 0 Å². The zero-order valence-electron chi connectivity index (χ0n) is 18.7. The number of fused-ring (bicyclic) bond motifs is 2. The molecule has 1 saturated heterocycles. The number of hydrogen-bond donors (Lipinski definition) is 2. The van der Waals surface area contributed by atoms with Crippen molar-refractivity contribution in [2.75, 3.05) is 26.0 Å². The molecule has 2 aliphatic rings. The topological polar surface area (TPSA) is 116 Å². The summed E-state index contributed by atoms with van der Waals surface area (Å²) in [6.07, 6.45) is 2.04. The molecule has 1 aliphatic carbocycles. The Hall–Kier alpha value is -3.24. The van der Waals surface area contributed by atoms with Crippen LogP contribution in [0.4, 0.5) is 10.5 Å². The molecule has 0 radical (unpaired) electrons. The Kier molecular flexibility index (Phi) is 5.75. The smallest absolute Gasteiger partial charge is 0.324 e. The lowest BCUT2D eigenvalue weighted by Crippen LogP contribution is -2.47. The molecule has 1 atom stereocenters. The number of aryl methyl sites for hydroxylation is 2. The Bertz CT molecular complexity index is 1260. The van der Waals surface area contributed by atoms with Crippen molar-refractivity contribution in [2.24, 2.45) is 0 Å². The molecule has 174 valence electrons. The molecule has 0 bridgehead atoms. The van der Waals surface area contributed by atoms with Gasteiger partial charge in [-0.05, 0) is 55.0 Å². The van der Waals surface area contributed by atoms with Crippen molar-refractivity contribution < 1.29 is 22.8 Å². The van der Waals surface area contributed by atoms with Gasteiger partial charge in [-0.15, -0.1) is 0 Å². The first-order chi connectivity index (χ1) is 15.6. The maximum atomic E-state index is 13.3. The Labute approximate surface area is 192 Å². The standard InChI is InChI=1S/C23H26N4O5S/c1-15-10-11-17(13-19(15)33(31,32)26(2)3)24-20(28)14-27-21(29)23(25-22(27)30)12-6-8-16-7-4-5-9-18(16)23/h4-5,7,9-11,13H,6,8,12,14H2,1-3H3,(H,24,28)(H,25,30). The maximum absolute atomic E-state index is 13.3. The predicted octanol–water partition coefficient (Wildman–Crippen LogP) is 1.97. The first kappa shape index (κ1) is 22.9. The second kappa shape index (κ2) is 8.27. The van der Waals surface area contributed by atoms with E-state index < -0.39 is 40.0 Å². The van der Waals surface area contributed by atoms with E-state index in [4.69, 9.17) is 0 Å². The molecule has 4 amide bonds. The van der Waals surface area contributed by atoms with E-state index in [1.54, 1.807) is 19.1 Å². The SMILES string of the molecule is Cc1ccc(NC(=O)CN2C(=O)NC3(CCCc4ccccc43)C2=O)cc1S(=O)(=O)N(C)C. The van der Waals surface area contributed by atoms with Crippen LogP contribution in [-0.4, -0.2) is 56.1 Å². The van der Waals surface area contributed by atoms with Gasteiger partial charge >= 0.3 is 6.03 Å². The molecule has 1 spiro atoms. The zero-order valence-corrected chi connectivity index (χ0v) is 19.5. The number of carbonyl (C=O) groups is 3. The summed E-state index contributed by atoms with van der Waals surface area (Å²) in [5, 5.41) is 5.42. The molecule has 0 saturated carbocycles. The molecule has 9 nitrogen and oxygen atoms in total. The third kappa shape index (κ3) is 3.89. The highest BCUT2D eigenvalue weighted by Gasteiger charge is 2.54. The molecule has 1 aliphatic heterocycles. The predicted molar refractivity (Wildman–Crippen MR) is 122 cm³/mol. The summed E-state index contributed by atoms with van der Waals surface area (Å²) >= 11 is 0. The van der Waals surface area contributed by atoms with E-state index in [9.17, 15) is 22.8 Å². The quantitative estimate of drug-likeness (QED) is 0.648. The lowest BCUT2D eigenvalue weighted by atomic mass is 9.76. The van der Waals surface area contributed by atoms with Crippen LogP contribution in [0, 0.1) is 6.92 Å². The van der Waals surface area contributed by atoms with Crippen molar-refractivity contribution in [3.05, 3.63) is 59.2 Å². The number of rotatable bonds is 5. The lowest BCUT2D eigenvalue weighted by Gasteiger charge is -2.33. The molecule has 2 aromatic carbocycles. The average molecular weight is 471 g/mol. The van der Waals surface area contributed by atoms with Gasteiger partial charge in [0.15, 0.2) is 0 Å². The van der Waals surface area contributed by atoms with Gasteiger partial charge in [-0.25, -0.2) is 17.5 Å². The minimum Gasteiger partial charge on any atom is -0.324 e. The molecule has 2 N–H and O–H groups in total. The van der Waals surface area contributed by atoms with Gasteiger partial charge in [-0.3, -0.25) is 14.5 Å². The number of carbonyl (C=O) groups excluding carboxylic acids is 3. The Balaban J connectivity index is 1.54. The fraction of sp³-hybridized carbons (Fsp3) is 0.348. The fourth-order valence-corrected chi connectivity index (χ4v) is 5.60. The largest absolute Gasteiger partial charge is 0.325 e. The molecule has 2 aromatic rings. The number of amides is 4. The van der Waals surface area contributed by atoms with Crippen molar-refractivity contribution in [3.8, 4) is 0 Å². The van der Waals surface area contributed by atoms with Crippen LogP contribution in [0.25, 0.3) is 0 Å². The molecule has 33 heavy (non-hydrogen) atoms. The van der Waals surface area contributed by atoms with Crippen molar-refractivity contribution >= 4 is 33.6 Å². The molecule has 1 fully saturated rings. The Morgan fingerprint density at radius 1 is 1.18 bits per heavy atom. The van der Waals surface area contributed by atoms with Crippen molar-refractivity contribution in [3.63, 3.8) is 0 Å². The van der Waals surface area contributed by atoms with Crippen LogP contribution in [0.15, 0.2) is 47.4 Å². The van der Waals surface area contributed by atoms with E-state index in [2.05, 4.69) is 10.6 Å². The number of hydrogen-bond acceptors (Lipinski definition) is 5. The summed E-state index contributed by atoms with van der Waals surface area (Å²) in [5.74, 6) is -1.05. The Morgan fingerprint density at radius 2 is 1.91 bits per heavy atom. The molecule has 4 rings (SSSR count). The normalized spacial score (nSPS) is 20.2. The summed E-state index contributed by atoms with van der Waals surface area (Å²) in [5.41, 5.74) is 1.43. The number of urea groups is 1. The van der Waals surface area contributed by atoms with Crippen LogP contribution in [0.1, 0.15) is 29.5 Å². The van der Waals surface area contributed by atoms with Crippen molar-refractivity contribution in [1.29, 1.82) is 0 Å². The van der Waals surface area contributed by atoms with Crippen LogP contribution in [-0.2, 0) is 31.6 Å². The highest BCUT2D eigenvalue weighted by Crippen LogP contribution is 2.39. The highest BCUT2D eigenvalue weighted by molar-refractivity contribution is 7.89. The zero-order chi connectivity index (χ0) is 24.0. The van der Waals surface area contributed by atoms with Gasteiger partial charge in [-0.1, -0.05) is 30.3 Å². The van der Waals surface area contributed by atoms with Gasteiger partial charge in [0.25, 0.3) is 5.91 Å². The molecule has 10 heteroatoms. The molecule has 1 heterocycles. The third-order valence-electron chi connectivity index (χ3n) is 6.18. The van der Waals surface area contributed by atoms with E-state index >= 15 is 0 Å². The second-order valence-electron chi connectivity index (χ2n) is 8.55. The van der Waals surface area contributed by atoms with E-state index in [1.807, 2.05) is 24.3 Å². The van der Waals surface area contributed by atoms with Gasteiger partial charge in [0.1, 0.15) is 12.1 Å². The minimum atomic E-state index is -3.70. The van der Waals surface area contributed by atoms with E-state index in [0.717, 1.165) is 33.2 Å². The van der Waals surface area contributed by atoms with Crippen molar-refractivity contribution in [2.45, 2.75) is 36.6 Å². The summed E-state index contributed by atoms with van der Waals surface area (Å²) in [4.78, 5) is 39.7. The van der Waals surface area contributed by atoms with Gasteiger partial charge in [0, 0.05) is 19.8 Å². The fourth-order valence-electron chi connectivity index (χ4n) is 4.45. The van der Waals surface area contributed by atoms with E-state index in [0.29, 0.717) is 12.0 Å². The summed E-state index contributed by atoms with van der Waals surface area (Å²) in [6, 6.07) is 11.4. The third-order valence-corrected chi connectivity index (χ3v) is 8.14. The first-order valence-corrected chi connectivity index (χ1v) is 12.1. The van der Waals surface area contributed by atoms with Gasteiger partial charge in [0.2, 0.25) is 15.9 Å². The molecule has 0 aromatic heterocycles. The average Bonchev–Trinajstić information content (AvgIpc) is 3.00. The van der Waals surface area contributed by atoms with Crippen LogP contribution in [0.3, 0.4) is 0 Å². The number of nitrogens with zero attached hydrogens (tertiary/aromatic N) is 2.